The van der Waals surface area contributed by atoms with Gasteiger partial charge in [0.15, 0.2) is 0 Å². The lowest BCUT2D eigenvalue weighted by atomic mass is 9.94. The molecule has 0 radical (unpaired) electrons. The summed E-state index contributed by atoms with van der Waals surface area (Å²) in [5, 5.41) is 0. The quantitative estimate of drug-likeness (QED) is 0.668. The third-order valence-electron chi connectivity index (χ3n) is 7.27. The lowest BCUT2D eigenvalue weighted by Crippen LogP contribution is -2.48. The fourth-order valence-electron chi connectivity index (χ4n) is 5.53. The average molecular weight is 392 g/mol. The number of hydrogen-bond acceptors (Lipinski definition) is 4. The maximum atomic E-state index is 13.0. The van der Waals surface area contributed by atoms with Gasteiger partial charge in [0, 0.05) is 38.7 Å². The van der Waals surface area contributed by atoms with Gasteiger partial charge in [-0.25, -0.2) is 0 Å². The highest BCUT2D eigenvalue weighted by atomic mass is 16.5. The van der Waals surface area contributed by atoms with Crippen LogP contribution in [0.3, 0.4) is 0 Å². The van der Waals surface area contributed by atoms with Crippen LogP contribution in [0.15, 0.2) is 0 Å². The van der Waals surface area contributed by atoms with Gasteiger partial charge in [-0.2, -0.15) is 0 Å². The van der Waals surface area contributed by atoms with Crippen LogP contribution in [0.4, 0.5) is 0 Å². The van der Waals surface area contributed by atoms with Crippen LogP contribution in [0.25, 0.3) is 0 Å². The topological polar surface area (TPSA) is 53.1 Å². The van der Waals surface area contributed by atoms with Gasteiger partial charge in [0.25, 0.3) is 0 Å². The number of amides is 2. The van der Waals surface area contributed by atoms with Gasteiger partial charge in [-0.15, -0.1) is 0 Å². The monoisotopic (exact) mass is 391 g/mol. The fourth-order valence-corrected chi connectivity index (χ4v) is 5.53. The van der Waals surface area contributed by atoms with Gasteiger partial charge < -0.3 is 19.4 Å². The third-order valence-corrected chi connectivity index (χ3v) is 7.27. The van der Waals surface area contributed by atoms with Gasteiger partial charge in [-0.05, 0) is 64.0 Å². The molecule has 0 aromatic heterocycles. The van der Waals surface area contributed by atoms with E-state index < -0.39 is 0 Å². The molecule has 3 heterocycles. The molecule has 3 saturated heterocycles. The molecule has 6 heteroatoms. The summed E-state index contributed by atoms with van der Waals surface area (Å²) in [7, 11) is 0. The fraction of sp³-hybridized carbons (Fsp3) is 0.909. The number of carbonyl (C=O) groups is 2. The van der Waals surface area contributed by atoms with Crippen molar-refractivity contribution in [1.82, 2.24) is 14.7 Å². The Morgan fingerprint density at radius 2 is 1.75 bits per heavy atom. The predicted molar refractivity (Wildman–Crippen MR) is 108 cm³/mol. The summed E-state index contributed by atoms with van der Waals surface area (Å²) in [6, 6.07) is 0.812. The minimum atomic E-state index is 0.115. The van der Waals surface area contributed by atoms with Gasteiger partial charge in [0.1, 0.15) is 0 Å². The number of carbonyl (C=O) groups excluding carboxylic acids is 2. The molecule has 0 aromatic rings. The standard InChI is InChI=1S/C22H37N3O3/c26-21-8-3-11-24(21)17-22(27)25(16-20-7-4-14-28-20)15-18-9-12-23(13-10-18)19-5-1-2-6-19/h18-20H,1-17H2/t20-/m1/s1. The number of nitrogens with zero attached hydrogens (tertiary/aromatic N) is 3. The number of likely N-dealkylation sites (tertiary alicyclic amines) is 2. The van der Waals surface area contributed by atoms with Crippen LogP contribution in [-0.2, 0) is 14.3 Å². The first-order chi connectivity index (χ1) is 13.7. The van der Waals surface area contributed by atoms with Crippen LogP contribution < -0.4 is 0 Å². The lowest BCUT2D eigenvalue weighted by Gasteiger charge is -2.38. The Hall–Kier alpha value is -1.14. The Kier molecular flexibility index (Phi) is 6.89. The second kappa shape index (κ2) is 9.57. The summed E-state index contributed by atoms with van der Waals surface area (Å²) < 4.78 is 5.82. The minimum Gasteiger partial charge on any atom is -0.376 e. The van der Waals surface area contributed by atoms with E-state index in [-0.39, 0.29) is 24.5 Å². The molecule has 0 bridgehead atoms. The highest BCUT2D eigenvalue weighted by Crippen LogP contribution is 2.28. The normalized spacial score (nSPS) is 27.8. The second-order valence-corrected chi connectivity index (χ2v) is 9.27. The van der Waals surface area contributed by atoms with Crippen LogP contribution in [0.1, 0.15) is 64.2 Å². The van der Waals surface area contributed by atoms with Crippen molar-refractivity contribution in [2.45, 2.75) is 76.4 Å². The van der Waals surface area contributed by atoms with Crippen LogP contribution in [0.2, 0.25) is 0 Å². The molecule has 158 valence electrons. The first kappa shape index (κ1) is 20.1. The zero-order chi connectivity index (χ0) is 19.3. The summed E-state index contributed by atoms with van der Waals surface area (Å²) in [6.45, 7) is 5.70. The summed E-state index contributed by atoms with van der Waals surface area (Å²) in [5.41, 5.74) is 0. The first-order valence-electron chi connectivity index (χ1n) is 11.6. The van der Waals surface area contributed by atoms with E-state index in [0.717, 1.165) is 45.0 Å². The molecule has 0 unspecified atom stereocenters. The Morgan fingerprint density at radius 1 is 0.964 bits per heavy atom. The number of piperidine rings is 1. The smallest absolute Gasteiger partial charge is 0.242 e. The highest BCUT2D eigenvalue weighted by molar-refractivity contribution is 5.85. The van der Waals surface area contributed by atoms with E-state index in [4.69, 9.17) is 4.74 Å². The maximum absolute atomic E-state index is 13.0. The molecule has 0 aromatic carbocycles. The van der Waals surface area contributed by atoms with E-state index in [0.29, 0.717) is 18.9 Å². The number of ether oxygens (including phenoxy) is 1. The third kappa shape index (κ3) is 5.07. The van der Waals surface area contributed by atoms with Gasteiger partial charge >= 0.3 is 0 Å². The molecule has 0 N–H and O–H groups in total. The molecule has 4 aliphatic rings. The van der Waals surface area contributed by atoms with Crippen molar-refractivity contribution >= 4 is 11.8 Å². The van der Waals surface area contributed by atoms with E-state index >= 15 is 0 Å². The van der Waals surface area contributed by atoms with E-state index in [1.807, 2.05) is 4.90 Å². The largest absolute Gasteiger partial charge is 0.376 e. The molecule has 3 aliphatic heterocycles. The van der Waals surface area contributed by atoms with Crippen LogP contribution in [0.5, 0.6) is 0 Å². The Bertz CT molecular complexity index is 535. The number of rotatable bonds is 7. The van der Waals surface area contributed by atoms with Gasteiger partial charge in [0.05, 0.1) is 12.6 Å². The minimum absolute atomic E-state index is 0.115. The highest BCUT2D eigenvalue weighted by Gasteiger charge is 2.31. The summed E-state index contributed by atoms with van der Waals surface area (Å²) >= 11 is 0. The molecule has 6 nitrogen and oxygen atoms in total. The molecule has 1 saturated carbocycles. The zero-order valence-electron chi connectivity index (χ0n) is 17.3. The van der Waals surface area contributed by atoms with E-state index in [2.05, 4.69) is 4.90 Å². The van der Waals surface area contributed by atoms with Crippen molar-refractivity contribution in [3.8, 4) is 0 Å². The van der Waals surface area contributed by atoms with Crippen LogP contribution >= 0.6 is 0 Å². The Labute approximate surface area is 169 Å². The van der Waals surface area contributed by atoms with Crippen molar-refractivity contribution in [3.05, 3.63) is 0 Å². The van der Waals surface area contributed by atoms with Crippen molar-refractivity contribution in [2.75, 3.05) is 45.9 Å². The summed E-state index contributed by atoms with van der Waals surface area (Å²) in [6.07, 6.45) is 11.7. The van der Waals surface area contributed by atoms with Gasteiger partial charge in [0.2, 0.25) is 11.8 Å². The van der Waals surface area contributed by atoms with Crippen molar-refractivity contribution in [1.29, 1.82) is 0 Å². The second-order valence-electron chi connectivity index (χ2n) is 9.27. The van der Waals surface area contributed by atoms with Gasteiger partial charge in [-0.3, -0.25) is 9.59 Å². The van der Waals surface area contributed by atoms with Crippen LogP contribution in [0, 0.1) is 5.92 Å². The predicted octanol–water partition coefficient (Wildman–Crippen LogP) is 2.27. The number of hydrogen-bond donors (Lipinski definition) is 0. The van der Waals surface area contributed by atoms with Crippen molar-refractivity contribution in [3.63, 3.8) is 0 Å². The summed E-state index contributed by atoms with van der Waals surface area (Å²) in [4.78, 5) is 31.5. The average Bonchev–Trinajstić information content (AvgIpc) is 3.46. The lowest BCUT2D eigenvalue weighted by molar-refractivity contribution is -0.140. The molecule has 0 spiro atoms. The Balaban J connectivity index is 1.30. The molecule has 4 rings (SSSR count). The van der Waals surface area contributed by atoms with Crippen molar-refractivity contribution < 1.29 is 14.3 Å². The molecule has 1 aliphatic carbocycles. The zero-order valence-corrected chi connectivity index (χ0v) is 17.3. The van der Waals surface area contributed by atoms with E-state index in [1.54, 1.807) is 4.90 Å². The Morgan fingerprint density at radius 3 is 2.39 bits per heavy atom. The molecule has 1 atom stereocenters. The molecular formula is C22H37N3O3. The molecule has 28 heavy (non-hydrogen) atoms. The SMILES string of the molecule is O=C1CCCN1CC(=O)N(CC1CCN(C2CCCC2)CC1)C[C@H]1CCCO1. The molecule has 2 amide bonds. The van der Waals surface area contributed by atoms with Crippen molar-refractivity contribution in [2.24, 2.45) is 5.92 Å². The maximum Gasteiger partial charge on any atom is 0.242 e. The molecular weight excluding hydrogens is 354 g/mol. The van der Waals surface area contributed by atoms with Gasteiger partial charge in [-0.1, -0.05) is 12.8 Å². The first-order valence-corrected chi connectivity index (χ1v) is 11.6. The summed E-state index contributed by atoms with van der Waals surface area (Å²) in [5.74, 6) is 0.830. The van der Waals surface area contributed by atoms with Crippen LogP contribution in [-0.4, -0.2) is 84.5 Å². The molecule has 4 fully saturated rings. The van der Waals surface area contributed by atoms with E-state index in [9.17, 15) is 9.59 Å². The van der Waals surface area contributed by atoms with E-state index in [1.165, 1.54) is 51.6 Å².